The highest BCUT2D eigenvalue weighted by Gasteiger charge is 2.37. The van der Waals surface area contributed by atoms with Crippen LogP contribution in [0.5, 0.6) is 5.75 Å². The third-order valence-corrected chi connectivity index (χ3v) is 3.50. The van der Waals surface area contributed by atoms with Gasteiger partial charge in [-0.2, -0.15) is 0 Å². The molecule has 0 aromatic heterocycles. The summed E-state index contributed by atoms with van der Waals surface area (Å²) in [4.78, 5) is 25.3. The average Bonchev–Trinajstić information content (AvgIpc) is 2.66. The van der Waals surface area contributed by atoms with Crippen LogP contribution >= 0.6 is 11.6 Å². The summed E-state index contributed by atoms with van der Waals surface area (Å²) in [5, 5.41) is 9.82. The molecule has 0 aliphatic carbocycles. The number of rotatable bonds is 2. The molecule has 4 nitrogen and oxygen atoms in total. The number of ketones is 1. The smallest absolute Gasteiger partial charge is 0.299 e. The number of anilines is 1. The minimum Gasteiger partial charge on any atom is -0.508 e. The lowest BCUT2D eigenvalue weighted by Gasteiger charge is -2.17. The Kier molecular flexibility index (Phi) is 2.95. The van der Waals surface area contributed by atoms with Crippen LogP contribution in [0.2, 0.25) is 5.02 Å². The number of amides is 1. The van der Waals surface area contributed by atoms with Gasteiger partial charge < -0.3 is 5.11 Å². The van der Waals surface area contributed by atoms with E-state index in [1.54, 1.807) is 42.5 Å². The van der Waals surface area contributed by atoms with Crippen LogP contribution in [0, 0.1) is 0 Å². The van der Waals surface area contributed by atoms with Crippen molar-refractivity contribution in [2.45, 2.75) is 6.54 Å². The highest BCUT2D eigenvalue weighted by molar-refractivity contribution is 6.54. The number of hydrogen-bond acceptors (Lipinski definition) is 3. The predicted octanol–water partition coefficient (Wildman–Crippen LogP) is 2.78. The number of nitrogens with zero attached hydrogens (tertiary/aromatic N) is 1. The first kappa shape index (κ1) is 12.7. The molecule has 1 amide bonds. The molecule has 3 rings (SSSR count). The second-order valence-electron chi connectivity index (χ2n) is 4.53. The number of benzene rings is 2. The highest BCUT2D eigenvalue weighted by atomic mass is 35.5. The highest BCUT2D eigenvalue weighted by Crippen LogP contribution is 2.36. The summed E-state index contributed by atoms with van der Waals surface area (Å²) in [5.41, 5.74) is 1.48. The van der Waals surface area contributed by atoms with Crippen LogP contribution in [0.25, 0.3) is 0 Å². The van der Waals surface area contributed by atoms with Gasteiger partial charge in [-0.05, 0) is 29.8 Å². The van der Waals surface area contributed by atoms with Gasteiger partial charge in [0.2, 0.25) is 0 Å². The van der Waals surface area contributed by atoms with Gasteiger partial charge in [-0.15, -0.1) is 0 Å². The summed E-state index contributed by atoms with van der Waals surface area (Å²) in [6.07, 6.45) is 0. The first-order chi connectivity index (χ1) is 9.58. The number of carbonyl (C=O) groups excluding carboxylic acids is 2. The summed E-state index contributed by atoms with van der Waals surface area (Å²) in [6.45, 7) is 0.190. The Morgan fingerprint density at radius 2 is 1.85 bits per heavy atom. The van der Waals surface area contributed by atoms with E-state index in [4.69, 9.17) is 11.6 Å². The lowest BCUT2D eigenvalue weighted by molar-refractivity contribution is -0.114. The Balaban J connectivity index is 2.03. The maximum absolute atomic E-state index is 12.1. The number of phenolic OH excluding ortho intramolecular Hbond substituents is 1. The molecule has 0 unspecified atom stereocenters. The van der Waals surface area contributed by atoms with Crippen molar-refractivity contribution >= 4 is 29.0 Å². The molecule has 2 aromatic rings. The van der Waals surface area contributed by atoms with Crippen LogP contribution < -0.4 is 4.90 Å². The lowest BCUT2D eigenvalue weighted by atomic mass is 10.1. The Labute approximate surface area is 120 Å². The van der Waals surface area contributed by atoms with Gasteiger partial charge in [0.15, 0.2) is 0 Å². The molecule has 1 N–H and O–H groups in total. The zero-order chi connectivity index (χ0) is 14.3. The van der Waals surface area contributed by atoms with Crippen LogP contribution in [0.3, 0.4) is 0 Å². The Morgan fingerprint density at radius 1 is 1.10 bits per heavy atom. The van der Waals surface area contributed by atoms with Crippen LogP contribution in [0.4, 0.5) is 5.69 Å². The van der Waals surface area contributed by atoms with Gasteiger partial charge in [-0.25, -0.2) is 0 Å². The topological polar surface area (TPSA) is 57.6 Å². The number of carbonyl (C=O) groups is 2. The van der Waals surface area contributed by atoms with Crippen molar-refractivity contribution in [1.29, 1.82) is 0 Å². The van der Waals surface area contributed by atoms with E-state index >= 15 is 0 Å². The van der Waals surface area contributed by atoms with Crippen LogP contribution in [-0.2, 0) is 11.3 Å². The Morgan fingerprint density at radius 3 is 2.60 bits per heavy atom. The lowest BCUT2D eigenvalue weighted by Crippen LogP contribution is -2.29. The average molecular weight is 288 g/mol. The van der Waals surface area contributed by atoms with Crippen molar-refractivity contribution in [2.75, 3.05) is 4.90 Å². The summed E-state index contributed by atoms with van der Waals surface area (Å²) >= 11 is 6.10. The minimum absolute atomic E-state index is 0.111. The zero-order valence-corrected chi connectivity index (χ0v) is 11.1. The van der Waals surface area contributed by atoms with E-state index in [0.29, 0.717) is 16.3 Å². The van der Waals surface area contributed by atoms with Crippen molar-refractivity contribution < 1.29 is 14.7 Å². The maximum Gasteiger partial charge on any atom is 0.299 e. The first-order valence-corrected chi connectivity index (χ1v) is 6.38. The molecular weight excluding hydrogens is 278 g/mol. The molecule has 1 heterocycles. The number of fused-ring (bicyclic) bond motifs is 1. The summed E-state index contributed by atoms with van der Waals surface area (Å²) in [7, 11) is 0. The van der Waals surface area contributed by atoms with E-state index in [2.05, 4.69) is 0 Å². The monoisotopic (exact) mass is 287 g/mol. The van der Waals surface area contributed by atoms with Gasteiger partial charge >= 0.3 is 0 Å². The fraction of sp³-hybridized carbons (Fsp3) is 0.0667. The molecule has 20 heavy (non-hydrogen) atoms. The quantitative estimate of drug-likeness (QED) is 0.864. The Hall–Kier alpha value is -2.33. The second kappa shape index (κ2) is 4.65. The van der Waals surface area contributed by atoms with Gasteiger partial charge in [0.05, 0.1) is 22.8 Å². The van der Waals surface area contributed by atoms with Crippen LogP contribution in [0.1, 0.15) is 15.9 Å². The third-order valence-electron chi connectivity index (χ3n) is 3.19. The van der Waals surface area contributed by atoms with Gasteiger partial charge in [0, 0.05) is 0 Å². The van der Waals surface area contributed by atoms with Crippen LogP contribution in [0.15, 0.2) is 42.5 Å². The molecule has 2 aromatic carbocycles. The Bertz CT molecular complexity index is 727. The fourth-order valence-electron chi connectivity index (χ4n) is 2.30. The number of Topliss-reactive ketones (excluding diaryl/α,β-unsaturated/α-hetero) is 1. The number of halogens is 1. The number of phenols is 1. The van der Waals surface area contributed by atoms with E-state index in [9.17, 15) is 14.7 Å². The van der Waals surface area contributed by atoms with E-state index < -0.39 is 11.7 Å². The maximum atomic E-state index is 12.1. The normalized spacial score (nSPS) is 13.8. The molecule has 100 valence electrons. The van der Waals surface area contributed by atoms with Gasteiger partial charge in [0.1, 0.15) is 5.75 Å². The van der Waals surface area contributed by atoms with Crippen LogP contribution in [-0.4, -0.2) is 16.8 Å². The van der Waals surface area contributed by atoms with Gasteiger partial charge in [-0.1, -0.05) is 29.8 Å². The second-order valence-corrected chi connectivity index (χ2v) is 4.93. The SMILES string of the molecule is O=C1C(=O)N(Cc2cccc(O)c2)c2c(Cl)cccc21. The molecule has 1 aliphatic heterocycles. The van der Waals surface area contributed by atoms with Gasteiger partial charge in [0.25, 0.3) is 11.7 Å². The molecule has 0 spiro atoms. The van der Waals surface area contributed by atoms with E-state index in [1.165, 1.54) is 4.90 Å². The molecule has 1 aliphatic rings. The predicted molar refractivity (Wildman–Crippen MR) is 75.1 cm³/mol. The van der Waals surface area contributed by atoms with Crippen molar-refractivity contribution in [3.63, 3.8) is 0 Å². The molecule has 0 radical (unpaired) electrons. The largest absolute Gasteiger partial charge is 0.508 e. The summed E-state index contributed by atoms with van der Waals surface area (Å²) < 4.78 is 0. The molecule has 0 atom stereocenters. The van der Waals surface area contributed by atoms with Gasteiger partial charge in [-0.3, -0.25) is 14.5 Å². The standard InChI is InChI=1S/C15H10ClNO3/c16-12-6-2-5-11-13(12)17(15(20)14(11)19)8-9-3-1-4-10(18)7-9/h1-7,18H,8H2. The fourth-order valence-corrected chi connectivity index (χ4v) is 2.58. The molecule has 0 fully saturated rings. The minimum atomic E-state index is -0.601. The van der Waals surface area contributed by atoms with E-state index in [0.717, 1.165) is 5.56 Å². The van der Waals surface area contributed by atoms with Crippen molar-refractivity contribution in [1.82, 2.24) is 0 Å². The summed E-state index contributed by atoms with van der Waals surface area (Å²) in [6, 6.07) is 11.4. The number of para-hydroxylation sites is 1. The molecule has 0 saturated heterocycles. The van der Waals surface area contributed by atoms with Crippen molar-refractivity contribution in [3.8, 4) is 5.75 Å². The van der Waals surface area contributed by atoms with E-state index in [1.807, 2.05) is 0 Å². The van der Waals surface area contributed by atoms with Crippen molar-refractivity contribution in [3.05, 3.63) is 58.6 Å². The molecule has 0 saturated carbocycles. The van der Waals surface area contributed by atoms with E-state index in [-0.39, 0.29) is 12.3 Å². The number of hydrogen-bond donors (Lipinski definition) is 1. The summed E-state index contributed by atoms with van der Waals surface area (Å²) in [5.74, 6) is -1.04. The first-order valence-electron chi connectivity index (χ1n) is 6.00. The number of aromatic hydroxyl groups is 1. The zero-order valence-electron chi connectivity index (χ0n) is 10.3. The molecule has 0 bridgehead atoms. The third kappa shape index (κ3) is 1.94. The van der Waals surface area contributed by atoms with Crippen molar-refractivity contribution in [2.24, 2.45) is 0 Å². The molecular formula is C15H10ClNO3. The molecule has 5 heteroatoms.